The Kier molecular flexibility index (Phi) is 5.18. The number of benzene rings is 1. The molecule has 1 aromatic heterocycles. The number of ether oxygens (including phenoxy) is 1. The monoisotopic (exact) mass is 379 g/mol. The number of carbonyl (C=O) groups excluding carboxylic acids is 1. The summed E-state index contributed by atoms with van der Waals surface area (Å²) in [6.45, 7) is 12.8. The summed E-state index contributed by atoms with van der Waals surface area (Å²) in [4.78, 5) is 24.9. The average Bonchev–Trinajstić information content (AvgIpc) is 2.69. The lowest BCUT2D eigenvalue weighted by atomic mass is 9.93. The van der Waals surface area contributed by atoms with Crippen molar-refractivity contribution in [2.75, 3.05) is 20.2 Å². The van der Waals surface area contributed by atoms with E-state index in [1.165, 1.54) is 25.4 Å². The third-order valence-electron chi connectivity index (χ3n) is 4.37. The molecule has 0 saturated carbocycles. The summed E-state index contributed by atoms with van der Waals surface area (Å²) in [6, 6.07) is 6.07. The number of hydrogen-bond acceptors (Lipinski definition) is 6. The molecule has 144 valence electrons. The third-order valence-corrected chi connectivity index (χ3v) is 4.37. The molecule has 0 radical (unpaired) electrons. The zero-order valence-corrected chi connectivity index (χ0v) is 15.9. The maximum absolute atomic E-state index is 13.0. The first-order valence-corrected chi connectivity index (χ1v) is 8.68. The number of nitrogens with one attached hydrogen (secondary N) is 2. The van der Waals surface area contributed by atoms with E-state index in [2.05, 4.69) is 39.3 Å². The van der Waals surface area contributed by atoms with Gasteiger partial charge >= 0.3 is 0 Å². The van der Waals surface area contributed by atoms with Crippen molar-refractivity contribution in [1.82, 2.24) is 15.6 Å². The number of carbonyl (C=O) groups is 1. The first kappa shape index (κ1) is 19.2. The Balaban J connectivity index is 2.04. The van der Waals surface area contributed by atoms with Crippen LogP contribution in [0.3, 0.4) is 0 Å². The fourth-order valence-electron chi connectivity index (χ4n) is 2.85. The number of methoxy groups -OCH3 is 1. The number of aromatic hydroxyl groups is 1. The third kappa shape index (κ3) is 3.88. The van der Waals surface area contributed by atoms with Crippen molar-refractivity contribution < 1.29 is 14.6 Å². The molecule has 0 fully saturated rings. The first-order valence-electron chi connectivity index (χ1n) is 8.68. The molecule has 0 bridgehead atoms. The number of guanidine groups is 1. The molecular weight excluding hydrogens is 358 g/mol. The fourth-order valence-corrected chi connectivity index (χ4v) is 2.85. The second-order valence-electron chi connectivity index (χ2n) is 7.19. The molecule has 0 spiro atoms. The number of nitrogens with zero attached hydrogens (tertiary/aromatic N) is 3. The van der Waals surface area contributed by atoms with Gasteiger partial charge in [-0.1, -0.05) is 19.9 Å². The highest BCUT2D eigenvalue weighted by Crippen LogP contribution is 2.39. The van der Waals surface area contributed by atoms with E-state index in [1.54, 1.807) is 12.1 Å². The van der Waals surface area contributed by atoms with Gasteiger partial charge in [0.15, 0.2) is 11.6 Å². The van der Waals surface area contributed by atoms with Crippen LogP contribution in [0.2, 0.25) is 0 Å². The number of hydrogen-bond donors (Lipinski definition) is 3. The van der Waals surface area contributed by atoms with Gasteiger partial charge in [-0.15, -0.1) is 0 Å². The number of aliphatic imine (C=N–C) groups is 1. The normalized spacial score (nSPS) is 15.0. The van der Waals surface area contributed by atoms with E-state index >= 15 is 0 Å². The standard InChI is InChI=1S/C20H21N5O3/c1-20(2)10-23-19(24-11-20)25-18(27)17-14(26)6-5-13(21-3)16(17)12-7-8-22-15(9-12)28-4/h5-9,26H,10-11H2,1-2,4H3,(H2,23,24,25,27). The van der Waals surface area contributed by atoms with Crippen molar-refractivity contribution >= 4 is 17.6 Å². The lowest BCUT2D eigenvalue weighted by molar-refractivity contribution is 0.0972. The Labute approximate surface area is 163 Å². The highest BCUT2D eigenvalue weighted by atomic mass is 16.5. The van der Waals surface area contributed by atoms with E-state index in [-0.39, 0.29) is 22.4 Å². The Morgan fingerprint density at radius 1 is 1.39 bits per heavy atom. The van der Waals surface area contributed by atoms with Gasteiger partial charge in [-0.05, 0) is 17.7 Å². The summed E-state index contributed by atoms with van der Waals surface area (Å²) in [7, 11) is 1.48. The topological polar surface area (TPSA) is 100 Å². The predicted octanol–water partition coefficient (Wildman–Crippen LogP) is 2.73. The van der Waals surface area contributed by atoms with Crippen LogP contribution >= 0.6 is 0 Å². The second-order valence-corrected chi connectivity index (χ2v) is 7.19. The zero-order chi connectivity index (χ0) is 20.3. The average molecular weight is 379 g/mol. The van der Waals surface area contributed by atoms with Crippen LogP contribution in [0, 0.1) is 12.0 Å². The van der Waals surface area contributed by atoms with Crippen molar-refractivity contribution in [3.63, 3.8) is 0 Å². The highest BCUT2D eigenvalue weighted by molar-refractivity contribution is 6.12. The van der Waals surface area contributed by atoms with Crippen LogP contribution < -0.4 is 15.4 Å². The molecule has 2 heterocycles. The van der Waals surface area contributed by atoms with Crippen LogP contribution in [0.4, 0.5) is 5.69 Å². The van der Waals surface area contributed by atoms with Crippen LogP contribution in [0.5, 0.6) is 11.6 Å². The van der Waals surface area contributed by atoms with E-state index < -0.39 is 5.91 Å². The minimum atomic E-state index is -0.556. The van der Waals surface area contributed by atoms with Crippen molar-refractivity contribution in [2.24, 2.45) is 10.4 Å². The summed E-state index contributed by atoms with van der Waals surface area (Å²) in [5.41, 5.74) is 1.08. The highest BCUT2D eigenvalue weighted by Gasteiger charge is 2.26. The lowest BCUT2D eigenvalue weighted by Gasteiger charge is -2.29. The summed E-state index contributed by atoms with van der Waals surface area (Å²) in [6.07, 6.45) is 1.52. The van der Waals surface area contributed by atoms with Crippen molar-refractivity contribution in [2.45, 2.75) is 13.8 Å². The molecule has 28 heavy (non-hydrogen) atoms. The van der Waals surface area contributed by atoms with Gasteiger partial charge in [-0.3, -0.25) is 15.1 Å². The lowest BCUT2D eigenvalue weighted by Crippen LogP contribution is -2.49. The fraction of sp³-hybridized carbons (Fsp3) is 0.300. The van der Waals surface area contributed by atoms with Crippen LogP contribution in [0.15, 0.2) is 35.5 Å². The Hall–Kier alpha value is -3.60. The van der Waals surface area contributed by atoms with Gasteiger partial charge in [-0.25, -0.2) is 9.83 Å². The van der Waals surface area contributed by atoms with Gasteiger partial charge in [0.1, 0.15) is 5.75 Å². The second kappa shape index (κ2) is 7.56. The van der Waals surface area contributed by atoms with E-state index in [4.69, 9.17) is 11.3 Å². The van der Waals surface area contributed by atoms with E-state index in [0.29, 0.717) is 36.1 Å². The molecule has 0 unspecified atom stereocenters. The van der Waals surface area contributed by atoms with Gasteiger partial charge in [-0.2, -0.15) is 0 Å². The van der Waals surface area contributed by atoms with E-state index in [0.717, 1.165) is 0 Å². The Morgan fingerprint density at radius 2 is 2.18 bits per heavy atom. The maximum atomic E-state index is 13.0. The number of pyridine rings is 1. The largest absolute Gasteiger partial charge is 0.507 e. The molecule has 1 amide bonds. The van der Waals surface area contributed by atoms with Crippen LogP contribution in [0.25, 0.3) is 16.0 Å². The molecule has 0 saturated heterocycles. The number of phenolic OH excluding ortho intramolecular Hbond substituents is 1. The molecule has 3 N–H and O–H groups in total. The molecule has 2 aromatic rings. The molecule has 3 rings (SSSR count). The molecule has 1 aromatic carbocycles. The van der Waals surface area contributed by atoms with Crippen LogP contribution in [0.1, 0.15) is 24.2 Å². The Morgan fingerprint density at radius 3 is 2.82 bits per heavy atom. The van der Waals surface area contributed by atoms with Gasteiger partial charge in [0.2, 0.25) is 5.88 Å². The number of amides is 1. The number of rotatable bonds is 3. The SMILES string of the molecule is [C-]#[N+]c1ccc(O)c(C(=O)NC2=NCC(C)(C)CN2)c1-c1ccnc(OC)c1. The molecular formula is C20H21N5O3. The van der Waals surface area contributed by atoms with Gasteiger partial charge in [0.05, 0.1) is 19.2 Å². The summed E-state index contributed by atoms with van der Waals surface area (Å²) in [5.74, 6) is -0.106. The van der Waals surface area contributed by atoms with E-state index in [9.17, 15) is 9.90 Å². The molecule has 1 aliphatic heterocycles. The summed E-state index contributed by atoms with van der Waals surface area (Å²) < 4.78 is 5.14. The van der Waals surface area contributed by atoms with Gasteiger partial charge in [0.25, 0.3) is 5.91 Å². The minimum absolute atomic E-state index is 0.000859. The predicted molar refractivity (Wildman–Crippen MR) is 106 cm³/mol. The van der Waals surface area contributed by atoms with Crippen molar-refractivity contribution in [3.8, 4) is 22.8 Å². The maximum Gasteiger partial charge on any atom is 0.261 e. The Bertz CT molecular complexity index is 992. The van der Waals surface area contributed by atoms with Crippen LogP contribution in [-0.4, -0.2) is 42.2 Å². The summed E-state index contributed by atoms with van der Waals surface area (Å²) >= 11 is 0. The number of phenols is 1. The van der Waals surface area contributed by atoms with Gasteiger partial charge < -0.3 is 15.2 Å². The molecule has 8 nitrogen and oxygen atoms in total. The molecule has 1 aliphatic rings. The first-order chi connectivity index (χ1) is 13.3. The van der Waals surface area contributed by atoms with E-state index in [1.807, 2.05) is 0 Å². The minimum Gasteiger partial charge on any atom is -0.507 e. The van der Waals surface area contributed by atoms with Gasteiger partial charge in [0, 0.05) is 36.3 Å². The number of aromatic nitrogens is 1. The van der Waals surface area contributed by atoms with Crippen LogP contribution in [-0.2, 0) is 0 Å². The van der Waals surface area contributed by atoms with Crippen molar-refractivity contribution in [3.05, 3.63) is 47.4 Å². The smallest absolute Gasteiger partial charge is 0.261 e. The zero-order valence-electron chi connectivity index (χ0n) is 15.9. The molecule has 0 aliphatic carbocycles. The van der Waals surface area contributed by atoms with Crippen molar-refractivity contribution in [1.29, 1.82) is 0 Å². The molecule has 8 heteroatoms. The quantitative estimate of drug-likeness (QED) is 0.712. The summed E-state index contributed by atoms with van der Waals surface area (Å²) in [5, 5.41) is 16.2. The molecule has 0 atom stereocenters.